The highest BCUT2D eigenvalue weighted by Crippen LogP contribution is 2.31. The van der Waals surface area contributed by atoms with Crippen LogP contribution in [0.1, 0.15) is 26.7 Å². The van der Waals surface area contributed by atoms with Crippen molar-refractivity contribution in [3.63, 3.8) is 0 Å². The number of nitrogens with one attached hydrogen (secondary N) is 1. The summed E-state index contributed by atoms with van der Waals surface area (Å²) in [5.74, 6) is 0. The molecule has 1 fully saturated rings. The van der Waals surface area contributed by atoms with E-state index in [0.29, 0.717) is 22.1 Å². The third kappa shape index (κ3) is 3.31. The molecule has 1 aliphatic heterocycles. The Morgan fingerprint density at radius 2 is 1.89 bits per heavy atom. The van der Waals surface area contributed by atoms with Gasteiger partial charge in [0, 0.05) is 25.2 Å². The van der Waals surface area contributed by atoms with Crippen molar-refractivity contribution < 1.29 is 0 Å². The summed E-state index contributed by atoms with van der Waals surface area (Å²) in [6.45, 7) is 6.80. The van der Waals surface area contributed by atoms with Crippen LogP contribution in [0.5, 0.6) is 0 Å². The van der Waals surface area contributed by atoms with Crippen LogP contribution in [0.15, 0.2) is 18.2 Å². The second-order valence-electron chi connectivity index (χ2n) is 5.15. The quantitative estimate of drug-likeness (QED) is 0.892. The first kappa shape index (κ1) is 14.0. The van der Waals surface area contributed by atoms with Crippen LogP contribution in [0.25, 0.3) is 0 Å². The highest BCUT2D eigenvalue weighted by atomic mass is 35.5. The highest BCUT2D eigenvalue weighted by molar-refractivity contribution is 6.43. The van der Waals surface area contributed by atoms with Gasteiger partial charge < -0.3 is 10.2 Å². The van der Waals surface area contributed by atoms with Gasteiger partial charge in [0.25, 0.3) is 0 Å². The Hall–Kier alpha value is -0.440. The Bertz CT molecular complexity index is 399. The molecule has 0 amide bonds. The molecule has 0 unspecified atom stereocenters. The van der Waals surface area contributed by atoms with E-state index in [2.05, 4.69) is 24.1 Å². The minimum Gasteiger partial charge on any atom is -0.381 e. The Labute approximate surface area is 119 Å². The molecule has 2 rings (SSSR count). The third-order valence-corrected chi connectivity index (χ3v) is 4.39. The summed E-state index contributed by atoms with van der Waals surface area (Å²) in [7, 11) is 0. The monoisotopic (exact) mass is 286 g/mol. The summed E-state index contributed by atoms with van der Waals surface area (Å²) in [4.78, 5) is 2.51. The van der Waals surface area contributed by atoms with E-state index in [4.69, 9.17) is 23.2 Å². The van der Waals surface area contributed by atoms with Crippen molar-refractivity contribution in [1.29, 1.82) is 0 Å². The molecule has 1 aromatic rings. The number of nitrogens with zero attached hydrogens (tertiary/aromatic N) is 1. The van der Waals surface area contributed by atoms with Gasteiger partial charge >= 0.3 is 0 Å². The van der Waals surface area contributed by atoms with Crippen LogP contribution in [0, 0.1) is 0 Å². The van der Waals surface area contributed by atoms with Crippen LogP contribution in [-0.4, -0.2) is 30.1 Å². The van der Waals surface area contributed by atoms with Gasteiger partial charge in [-0.05, 0) is 38.8 Å². The van der Waals surface area contributed by atoms with E-state index in [-0.39, 0.29) is 0 Å². The number of hydrogen-bond donors (Lipinski definition) is 1. The second kappa shape index (κ2) is 6.14. The van der Waals surface area contributed by atoms with Crippen molar-refractivity contribution in [3.8, 4) is 0 Å². The second-order valence-corrected chi connectivity index (χ2v) is 5.93. The van der Waals surface area contributed by atoms with E-state index in [1.165, 1.54) is 0 Å². The topological polar surface area (TPSA) is 15.3 Å². The minimum absolute atomic E-state index is 0.496. The van der Waals surface area contributed by atoms with Crippen LogP contribution in [0.4, 0.5) is 5.69 Å². The van der Waals surface area contributed by atoms with E-state index in [1.54, 1.807) is 0 Å². The third-order valence-electron chi connectivity index (χ3n) is 3.57. The maximum Gasteiger partial charge on any atom is 0.0823 e. The molecule has 0 spiro atoms. The molecule has 0 bridgehead atoms. The predicted molar refractivity (Wildman–Crippen MR) is 79.8 cm³/mol. The SMILES string of the molecule is CC(C)N1CCC(Nc2cccc(Cl)c2Cl)CC1. The van der Waals surface area contributed by atoms with Gasteiger partial charge in [0.15, 0.2) is 0 Å². The molecule has 1 N–H and O–H groups in total. The van der Waals surface area contributed by atoms with Crippen molar-refractivity contribution in [2.75, 3.05) is 18.4 Å². The van der Waals surface area contributed by atoms with Gasteiger partial charge in [-0.1, -0.05) is 29.3 Å². The van der Waals surface area contributed by atoms with Crippen molar-refractivity contribution in [3.05, 3.63) is 28.2 Å². The highest BCUT2D eigenvalue weighted by Gasteiger charge is 2.21. The maximum absolute atomic E-state index is 6.19. The molecule has 100 valence electrons. The lowest BCUT2D eigenvalue weighted by molar-refractivity contribution is 0.177. The summed E-state index contributed by atoms with van der Waals surface area (Å²) in [6, 6.07) is 6.87. The number of halogens is 2. The van der Waals surface area contributed by atoms with E-state index in [1.807, 2.05) is 18.2 Å². The zero-order chi connectivity index (χ0) is 13.1. The molecular formula is C14H20Cl2N2. The van der Waals surface area contributed by atoms with Crippen molar-refractivity contribution in [1.82, 2.24) is 4.90 Å². The standard InChI is InChI=1S/C14H20Cl2N2/c1-10(2)18-8-6-11(7-9-18)17-13-5-3-4-12(15)14(13)16/h3-5,10-11,17H,6-9H2,1-2H3. The fourth-order valence-electron chi connectivity index (χ4n) is 2.40. The fraction of sp³-hybridized carbons (Fsp3) is 0.571. The molecule has 1 heterocycles. The first-order valence-electron chi connectivity index (χ1n) is 6.52. The molecule has 18 heavy (non-hydrogen) atoms. The van der Waals surface area contributed by atoms with Gasteiger partial charge in [-0.3, -0.25) is 0 Å². The molecule has 1 saturated heterocycles. The van der Waals surface area contributed by atoms with Gasteiger partial charge in [-0.15, -0.1) is 0 Å². The maximum atomic E-state index is 6.19. The zero-order valence-corrected chi connectivity index (χ0v) is 12.4. The van der Waals surface area contributed by atoms with Crippen molar-refractivity contribution in [2.24, 2.45) is 0 Å². The molecule has 1 aliphatic rings. The van der Waals surface area contributed by atoms with Crippen LogP contribution >= 0.6 is 23.2 Å². The number of hydrogen-bond acceptors (Lipinski definition) is 2. The first-order valence-corrected chi connectivity index (χ1v) is 7.28. The van der Waals surface area contributed by atoms with Crippen LogP contribution in [-0.2, 0) is 0 Å². The molecular weight excluding hydrogens is 267 g/mol. The number of anilines is 1. The molecule has 0 aromatic heterocycles. The van der Waals surface area contributed by atoms with E-state index >= 15 is 0 Å². The number of rotatable bonds is 3. The first-order chi connectivity index (χ1) is 8.58. The predicted octanol–water partition coefficient (Wildman–Crippen LogP) is 4.28. The zero-order valence-electron chi connectivity index (χ0n) is 10.9. The molecule has 4 heteroatoms. The van der Waals surface area contributed by atoms with Gasteiger partial charge in [0.05, 0.1) is 15.7 Å². The Balaban J connectivity index is 1.94. The largest absolute Gasteiger partial charge is 0.381 e. The Morgan fingerprint density at radius 3 is 2.50 bits per heavy atom. The smallest absolute Gasteiger partial charge is 0.0823 e. The average molecular weight is 287 g/mol. The Morgan fingerprint density at radius 1 is 1.22 bits per heavy atom. The lowest BCUT2D eigenvalue weighted by atomic mass is 10.0. The van der Waals surface area contributed by atoms with Gasteiger partial charge in [0.1, 0.15) is 0 Å². The van der Waals surface area contributed by atoms with E-state index in [9.17, 15) is 0 Å². The summed E-state index contributed by atoms with van der Waals surface area (Å²) >= 11 is 12.2. The molecule has 1 aromatic carbocycles. The van der Waals surface area contributed by atoms with Gasteiger partial charge in [0.2, 0.25) is 0 Å². The summed E-state index contributed by atoms with van der Waals surface area (Å²) in [5, 5.41) is 4.75. The number of likely N-dealkylation sites (tertiary alicyclic amines) is 1. The molecule has 0 atom stereocenters. The molecule has 2 nitrogen and oxygen atoms in total. The fourth-order valence-corrected chi connectivity index (χ4v) is 2.75. The van der Waals surface area contributed by atoms with Gasteiger partial charge in [-0.2, -0.15) is 0 Å². The van der Waals surface area contributed by atoms with E-state index in [0.717, 1.165) is 31.6 Å². The summed E-state index contributed by atoms with van der Waals surface area (Å²) < 4.78 is 0. The molecule has 0 saturated carbocycles. The van der Waals surface area contributed by atoms with Crippen LogP contribution in [0.3, 0.4) is 0 Å². The van der Waals surface area contributed by atoms with Crippen LogP contribution in [0.2, 0.25) is 10.0 Å². The Kier molecular flexibility index (Phi) is 4.77. The number of benzene rings is 1. The summed E-state index contributed by atoms with van der Waals surface area (Å²) in [5.41, 5.74) is 0.951. The molecule has 0 aliphatic carbocycles. The lowest BCUT2D eigenvalue weighted by Crippen LogP contribution is -2.42. The average Bonchev–Trinajstić information content (AvgIpc) is 2.36. The van der Waals surface area contributed by atoms with E-state index < -0.39 is 0 Å². The molecule has 0 radical (unpaired) electrons. The van der Waals surface area contributed by atoms with Gasteiger partial charge in [-0.25, -0.2) is 0 Å². The minimum atomic E-state index is 0.496. The van der Waals surface area contributed by atoms with Crippen molar-refractivity contribution >= 4 is 28.9 Å². The van der Waals surface area contributed by atoms with Crippen molar-refractivity contribution in [2.45, 2.75) is 38.8 Å². The van der Waals surface area contributed by atoms with Crippen LogP contribution < -0.4 is 5.32 Å². The number of piperidine rings is 1. The summed E-state index contributed by atoms with van der Waals surface area (Å²) in [6.07, 6.45) is 2.31. The lowest BCUT2D eigenvalue weighted by Gasteiger charge is -2.35. The normalized spacial score (nSPS) is 18.3.